The molecule has 0 aliphatic heterocycles. The number of nitrogens with two attached hydrogens (primary N) is 1. The van der Waals surface area contributed by atoms with Gasteiger partial charge in [0.25, 0.3) is 5.69 Å². The highest BCUT2D eigenvalue weighted by Crippen LogP contribution is 2.28. The van der Waals surface area contributed by atoms with Gasteiger partial charge in [-0.3, -0.25) is 16.0 Å². The Bertz CT molecular complexity index is 612. The average Bonchev–Trinajstić information content (AvgIpc) is 2.46. The summed E-state index contributed by atoms with van der Waals surface area (Å²) in [5.74, 6) is 6.07. The number of anilines is 1. The number of ether oxygens (including phenoxy) is 1. The topological polar surface area (TPSA) is 90.4 Å². The normalized spacial score (nSPS) is 10.1. The van der Waals surface area contributed by atoms with Crippen molar-refractivity contribution in [1.82, 2.24) is 0 Å². The van der Waals surface area contributed by atoms with E-state index in [1.165, 1.54) is 6.07 Å². The van der Waals surface area contributed by atoms with Crippen LogP contribution in [-0.4, -0.2) is 4.92 Å². The van der Waals surface area contributed by atoms with Crippen LogP contribution in [0.1, 0.15) is 11.1 Å². The summed E-state index contributed by atoms with van der Waals surface area (Å²) in [5, 5.41) is 10.9. The average molecular weight is 273 g/mol. The van der Waals surface area contributed by atoms with Crippen molar-refractivity contribution in [2.24, 2.45) is 5.84 Å². The molecule has 2 aromatic carbocycles. The van der Waals surface area contributed by atoms with Crippen LogP contribution in [0.25, 0.3) is 0 Å². The van der Waals surface area contributed by atoms with Crippen molar-refractivity contribution in [1.29, 1.82) is 0 Å². The van der Waals surface area contributed by atoms with E-state index in [0.29, 0.717) is 11.3 Å². The number of nitrogens with one attached hydrogen (secondary N) is 1. The second-order valence-electron chi connectivity index (χ2n) is 4.31. The molecule has 20 heavy (non-hydrogen) atoms. The van der Waals surface area contributed by atoms with Crippen LogP contribution in [0.2, 0.25) is 0 Å². The lowest BCUT2D eigenvalue weighted by Gasteiger charge is -2.11. The highest BCUT2D eigenvalue weighted by atomic mass is 16.6. The molecule has 0 aliphatic rings. The first-order chi connectivity index (χ1) is 9.61. The number of hydrogen-bond donors (Lipinski definition) is 2. The quantitative estimate of drug-likeness (QED) is 0.496. The van der Waals surface area contributed by atoms with Crippen LogP contribution in [0.4, 0.5) is 11.4 Å². The Morgan fingerprint density at radius 2 is 1.95 bits per heavy atom. The second kappa shape index (κ2) is 6.03. The summed E-state index contributed by atoms with van der Waals surface area (Å²) in [4.78, 5) is 10.4. The summed E-state index contributed by atoms with van der Waals surface area (Å²) in [6.45, 7) is 2.19. The monoisotopic (exact) mass is 273 g/mol. The Kier molecular flexibility index (Phi) is 4.17. The first kappa shape index (κ1) is 13.8. The van der Waals surface area contributed by atoms with Crippen LogP contribution >= 0.6 is 0 Å². The number of nitrogens with zero attached hydrogens (tertiary/aromatic N) is 1. The number of hydrazine groups is 1. The third kappa shape index (κ3) is 3.04. The fourth-order valence-electron chi connectivity index (χ4n) is 1.82. The zero-order valence-corrected chi connectivity index (χ0v) is 11.0. The maximum Gasteiger partial charge on any atom is 0.294 e. The van der Waals surface area contributed by atoms with Crippen molar-refractivity contribution in [3.63, 3.8) is 0 Å². The van der Waals surface area contributed by atoms with Gasteiger partial charge in [0, 0.05) is 11.6 Å². The van der Waals surface area contributed by atoms with Crippen LogP contribution in [0.15, 0.2) is 42.5 Å². The van der Waals surface area contributed by atoms with Crippen LogP contribution in [0.5, 0.6) is 5.75 Å². The van der Waals surface area contributed by atoms with E-state index in [0.717, 1.165) is 5.56 Å². The summed E-state index contributed by atoms with van der Waals surface area (Å²) in [6.07, 6.45) is 0. The number of aryl methyl sites for hydroxylation is 1. The first-order valence-electron chi connectivity index (χ1n) is 6.04. The van der Waals surface area contributed by atoms with Gasteiger partial charge in [0.1, 0.15) is 18.0 Å². The molecule has 0 bridgehead atoms. The highest BCUT2D eigenvalue weighted by molar-refractivity contribution is 5.65. The molecule has 0 saturated heterocycles. The molecule has 0 aromatic heterocycles. The van der Waals surface area contributed by atoms with Crippen molar-refractivity contribution in [2.45, 2.75) is 13.5 Å². The molecular weight excluding hydrogens is 258 g/mol. The molecule has 0 aliphatic carbocycles. The van der Waals surface area contributed by atoms with Gasteiger partial charge in [0.05, 0.1) is 4.92 Å². The lowest BCUT2D eigenvalue weighted by atomic mass is 10.1. The largest absolute Gasteiger partial charge is 0.489 e. The highest BCUT2D eigenvalue weighted by Gasteiger charge is 2.16. The molecule has 104 valence electrons. The standard InChI is InChI=1S/C14H15N3O3/c1-10-5-7-12(8-6-10)20-9-11-3-2-4-13(17(18)19)14(11)16-15/h2-8,16H,9,15H2,1H3. The van der Waals surface area contributed by atoms with Crippen LogP contribution in [0.3, 0.4) is 0 Å². The van der Waals surface area contributed by atoms with Gasteiger partial charge in [-0.05, 0) is 19.1 Å². The minimum atomic E-state index is -0.482. The Labute approximate surface area is 116 Å². The number of nitrogen functional groups attached to an aromatic ring is 1. The van der Waals surface area contributed by atoms with E-state index in [4.69, 9.17) is 10.6 Å². The molecule has 0 radical (unpaired) electrons. The molecule has 0 heterocycles. The number of benzene rings is 2. The van der Waals surface area contributed by atoms with Crippen molar-refractivity contribution >= 4 is 11.4 Å². The van der Waals surface area contributed by atoms with E-state index < -0.39 is 4.92 Å². The predicted octanol–water partition coefficient (Wildman–Crippen LogP) is 2.77. The smallest absolute Gasteiger partial charge is 0.294 e. The van der Waals surface area contributed by atoms with Gasteiger partial charge in [0.15, 0.2) is 0 Å². The van der Waals surface area contributed by atoms with E-state index in [9.17, 15) is 10.1 Å². The Morgan fingerprint density at radius 3 is 2.55 bits per heavy atom. The number of nitro benzene ring substituents is 1. The van der Waals surface area contributed by atoms with Crippen LogP contribution in [0, 0.1) is 17.0 Å². The minimum absolute atomic E-state index is 0.0718. The SMILES string of the molecule is Cc1ccc(OCc2cccc([N+](=O)[O-])c2NN)cc1. The second-order valence-corrected chi connectivity index (χ2v) is 4.31. The van der Waals surface area contributed by atoms with E-state index in [-0.39, 0.29) is 18.0 Å². The zero-order valence-electron chi connectivity index (χ0n) is 11.0. The maximum atomic E-state index is 10.9. The first-order valence-corrected chi connectivity index (χ1v) is 6.04. The van der Waals surface area contributed by atoms with E-state index in [1.54, 1.807) is 12.1 Å². The molecule has 0 spiro atoms. The summed E-state index contributed by atoms with van der Waals surface area (Å²) in [6, 6.07) is 12.3. The van der Waals surface area contributed by atoms with Gasteiger partial charge >= 0.3 is 0 Å². The zero-order chi connectivity index (χ0) is 14.5. The Hall–Kier alpha value is -2.60. The van der Waals surface area contributed by atoms with Gasteiger partial charge < -0.3 is 10.2 Å². The van der Waals surface area contributed by atoms with E-state index in [1.807, 2.05) is 31.2 Å². The molecule has 6 heteroatoms. The van der Waals surface area contributed by atoms with Gasteiger partial charge in [-0.2, -0.15) is 0 Å². The third-order valence-electron chi connectivity index (χ3n) is 2.89. The summed E-state index contributed by atoms with van der Waals surface area (Å²) >= 11 is 0. The summed E-state index contributed by atoms with van der Waals surface area (Å²) in [7, 11) is 0. The molecule has 2 rings (SSSR count). The van der Waals surface area contributed by atoms with Crippen molar-refractivity contribution in [3.8, 4) is 5.75 Å². The summed E-state index contributed by atoms with van der Waals surface area (Å²) in [5.41, 5.74) is 4.33. The van der Waals surface area contributed by atoms with Crippen molar-refractivity contribution < 1.29 is 9.66 Å². The van der Waals surface area contributed by atoms with Gasteiger partial charge in [-0.25, -0.2) is 0 Å². The number of rotatable bonds is 5. The molecule has 0 saturated carbocycles. The van der Waals surface area contributed by atoms with Crippen LogP contribution < -0.4 is 16.0 Å². The molecular formula is C14H15N3O3. The lowest BCUT2D eigenvalue weighted by Crippen LogP contribution is -2.12. The Morgan fingerprint density at radius 1 is 1.25 bits per heavy atom. The summed E-state index contributed by atoms with van der Waals surface area (Å²) < 4.78 is 5.61. The fourth-order valence-corrected chi connectivity index (χ4v) is 1.82. The predicted molar refractivity (Wildman–Crippen MR) is 76.4 cm³/mol. The molecule has 2 aromatic rings. The van der Waals surface area contributed by atoms with Crippen LogP contribution in [-0.2, 0) is 6.61 Å². The molecule has 0 unspecified atom stereocenters. The third-order valence-corrected chi connectivity index (χ3v) is 2.89. The molecule has 0 amide bonds. The van der Waals surface area contributed by atoms with Gasteiger partial charge in [0.2, 0.25) is 0 Å². The molecule has 0 fully saturated rings. The number of hydrogen-bond acceptors (Lipinski definition) is 5. The van der Waals surface area contributed by atoms with E-state index >= 15 is 0 Å². The number of para-hydroxylation sites is 1. The molecule has 6 nitrogen and oxygen atoms in total. The molecule has 3 N–H and O–H groups in total. The maximum absolute atomic E-state index is 10.9. The Balaban J connectivity index is 2.19. The minimum Gasteiger partial charge on any atom is -0.489 e. The van der Waals surface area contributed by atoms with Crippen molar-refractivity contribution in [3.05, 3.63) is 63.7 Å². The van der Waals surface area contributed by atoms with Gasteiger partial charge in [-0.15, -0.1) is 0 Å². The number of nitro groups is 1. The fraction of sp³-hybridized carbons (Fsp3) is 0.143. The van der Waals surface area contributed by atoms with Gasteiger partial charge in [-0.1, -0.05) is 29.8 Å². The van der Waals surface area contributed by atoms with E-state index in [2.05, 4.69) is 5.43 Å². The van der Waals surface area contributed by atoms with Crippen molar-refractivity contribution in [2.75, 3.05) is 5.43 Å². The lowest BCUT2D eigenvalue weighted by molar-refractivity contribution is -0.384. The molecule has 0 atom stereocenters.